The molecular weight excluding hydrogens is 385 g/mol. The van der Waals surface area contributed by atoms with E-state index in [0.29, 0.717) is 18.5 Å². The number of halogens is 1. The van der Waals surface area contributed by atoms with Gasteiger partial charge in [-0.15, -0.1) is 0 Å². The van der Waals surface area contributed by atoms with E-state index < -0.39 is 5.91 Å². The van der Waals surface area contributed by atoms with Gasteiger partial charge in [-0.1, -0.05) is 12.1 Å². The molecule has 1 amide bonds. The summed E-state index contributed by atoms with van der Waals surface area (Å²) in [4.78, 5) is 13.8. The molecule has 7 heteroatoms. The highest BCUT2D eigenvalue weighted by atomic mass is 19.1. The van der Waals surface area contributed by atoms with Crippen LogP contribution in [0.3, 0.4) is 0 Å². The minimum Gasteiger partial charge on any atom is -0.392 e. The number of aromatic nitrogens is 1. The van der Waals surface area contributed by atoms with Crippen LogP contribution in [0.15, 0.2) is 42.5 Å². The number of likely N-dealkylation sites (tertiary alicyclic amines) is 1. The fourth-order valence-electron chi connectivity index (χ4n) is 4.33. The molecule has 4 rings (SSSR count). The Bertz CT molecular complexity index is 1060. The number of fused-ring (bicyclic) bond motifs is 1. The zero-order valence-corrected chi connectivity index (χ0v) is 16.9. The van der Waals surface area contributed by atoms with Gasteiger partial charge in [-0.05, 0) is 61.2 Å². The lowest BCUT2D eigenvalue weighted by Gasteiger charge is -2.17. The third-order valence-corrected chi connectivity index (χ3v) is 6.00. The molecule has 0 saturated carbocycles. The highest BCUT2D eigenvalue weighted by Crippen LogP contribution is 2.29. The van der Waals surface area contributed by atoms with E-state index >= 15 is 0 Å². The second-order valence-electron chi connectivity index (χ2n) is 7.93. The summed E-state index contributed by atoms with van der Waals surface area (Å²) in [5.74, 6) is -0.818. The third-order valence-electron chi connectivity index (χ3n) is 6.00. The van der Waals surface area contributed by atoms with Crippen molar-refractivity contribution in [2.45, 2.75) is 32.4 Å². The van der Waals surface area contributed by atoms with E-state index in [9.17, 15) is 14.3 Å². The first-order valence-electron chi connectivity index (χ1n) is 10.2. The van der Waals surface area contributed by atoms with Gasteiger partial charge in [0.05, 0.1) is 6.10 Å². The number of hydroxylamine groups is 1. The Morgan fingerprint density at radius 1 is 1.20 bits per heavy atom. The Morgan fingerprint density at radius 3 is 2.63 bits per heavy atom. The number of rotatable bonds is 6. The molecule has 3 aromatic rings. The van der Waals surface area contributed by atoms with Crippen molar-refractivity contribution in [3.05, 3.63) is 70.7 Å². The van der Waals surface area contributed by atoms with Crippen LogP contribution in [0, 0.1) is 12.7 Å². The highest BCUT2D eigenvalue weighted by Gasteiger charge is 2.21. The van der Waals surface area contributed by atoms with Gasteiger partial charge in [0.15, 0.2) is 0 Å². The third kappa shape index (κ3) is 4.09. The smallest absolute Gasteiger partial charge is 0.274 e. The number of hydrogen-bond acceptors (Lipinski definition) is 4. The molecule has 158 valence electrons. The molecule has 1 aliphatic heterocycles. The normalized spacial score (nSPS) is 17.0. The summed E-state index contributed by atoms with van der Waals surface area (Å²) in [5.41, 5.74) is 6.15. The van der Waals surface area contributed by atoms with Crippen LogP contribution in [0.4, 0.5) is 4.39 Å². The van der Waals surface area contributed by atoms with Crippen LogP contribution < -0.4 is 5.48 Å². The van der Waals surface area contributed by atoms with Crippen molar-refractivity contribution < 1.29 is 19.5 Å². The van der Waals surface area contributed by atoms with Gasteiger partial charge in [0.25, 0.3) is 5.91 Å². The molecule has 0 radical (unpaired) electrons. The van der Waals surface area contributed by atoms with Crippen LogP contribution in [0.5, 0.6) is 0 Å². The molecule has 1 atom stereocenters. The standard InChI is InChI=1S/C23H26FN3O3/c1-15-20(12-16-2-4-17(5-3-16)23(29)25-30)21-13-18(24)6-7-22(21)27(15)11-10-26-9-8-19(28)14-26/h2-7,13,19,28,30H,8-12,14H2,1H3,(H,25,29)/t19-/m0/s1. The van der Waals surface area contributed by atoms with Gasteiger partial charge < -0.3 is 9.67 Å². The molecule has 1 fully saturated rings. The SMILES string of the molecule is Cc1c(Cc2ccc(C(=O)NO)cc2)c2cc(F)ccc2n1CCN1CC[C@H](O)C1. The Kier molecular flexibility index (Phi) is 5.85. The number of hydrogen-bond donors (Lipinski definition) is 3. The minimum atomic E-state index is -0.552. The molecule has 1 saturated heterocycles. The maximum absolute atomic E-state index is 14.0. The highest BCUT2D eigenvalue weighted by molar-refractivity contribution is 5.93. The molecular formula is C23H26FN3O3. The minimum absolute atomic E-state index is 0.243. The number of aliphatic hydroxyl groups excluding tert-OH is 1. The van der Waals surface area contributed by atoms with Gasteiger partial charge >= 0.3 is 0 Å². The van der Waals surface area contributed by atoms with Crippen LogP contribution in [0.2, 0.25) is 0 Å². The molecule has 2 aromatic carbocycles. The van der Waals surface area contributed by atoms with Crippen LogP contribution in [-0.4, -0.2) is 51.4 Å². The molecule has 0 spiro atoms. The van der Waals surface area contributed by atoms with Crippen molar-refractivity contribution in [3.63, 3.8) is 0 Å². The molecule has 0 bridgehead atoms. The molecule has 1 aromatic heterocycles. The van der Waals surface area contributed by atoms with Crippen LogP contribution >= 0.6 is 0 Å². The number of carbonyl (C=O) groups is 1. The topological polar surface area (TPSA) is 77.7 Å². The van der Waals surface area contributed by atoms with E-state index in [1.54, 1.807) is 23.7 Å². The summed E-state index contributed by atoms with van der Waals surface area (Å²) < 4.78 is 16.3. The summed E-state index contributed by atoms with van der Waals surface area (Å²) >= 11 is 0. The second-order valence-corrected chi connectivity index (χ2v) is 7.93. The summed E-state index contributed by atoms with van der Waals surface area (Å²) in [7, 11) is 0. The van der Waals surface area contributed by atoms with Gasteiger partial charge in [0, 0.05) is 48.3 Å². The number of aliphatic hydroxyl groups is 1. The van der Waals surface area contributed by atoms with E-state index in [-0.39, 0.29) is 11.9 Å². The molecule has 30 heavy (non-hydrogen) atoms. The Labute approximate surface area is 174 Å². The van der Waals surface area contributed by atoms with Gasteiger partial charge in [-0.3, -0.25) is 14.9 Å². The van der Waals surface area contributed by atoms with Crippen molar-refractivity contribution in [1.29, 1.82) is 0 Å². The van der Waals surface area contributed by atoms with Gasteiger partial charge in [-0.25, -0.2) is 9.87 Å². The lowest BCUT2D eigenvalue weighted by atomic mass is 10.0. The number of β-amino-alcohol motifs (C(OH)–C–C–N with tert-alkyl or cyclic N) is 1. The Balaban J connectivity index is 1.63. The lowest BCUT2D eigenvalue weighted by molar-refractivity contribution is 0.0706. The van der Waals surface area contributed by atoms with Crippen molar-refractivity contribution in [2.24, 2.45) is 0 Å². The quantitative estimate of drug-likeness (QED) is 0.431. The number of nitrogens with zero attached hydrogens (tertiary/aromatic N) is 2. The Morgan fingerprint density at radius 2 is 1.97 bits per heavy atom. The summed E-state index contributed by atoms with van der Waals surface area (Å²) in [6, 6.07) is 11.9. The van der Waals surface area contributed by atoms with Gasteiger partial charge in [0.2, 0.25) is 0 Å². The first-order chi connectivity index (χ1) is 14.5. The average Bonchev–Trinajstić information content (AvgIpc) is 3.27. The molecule has 1 aliphatic rings. The molecule has 3 N–H and O–H groups in total. The fourth-order valence-corrected chi connectivity index (χ4v) is 4.33. The maximum atomic E-state index is 14.0. The van der Waals surface area contributed by atoms with Crippen molar-refractivity contribution in [2.75, 3.05) is 19.6 Å². The van der Waals surface area contributed by atoms with Crippen LogP contribution in [0.1, 0.15) is 33.6 Å². The van der Waals surface area contributed by atoms with Gasteiger partial charge in [-0.2, -0.15) is 0 Å². The van der Waals surface area contributed by atoms with Crippen molar-refractivity contribution in [1.82, 2.24) is 14.9 Å². The van der Waals surface area contributed by atoms with Crippen LogP contribution in [-0.2, 0) is 13.0 Å². The zero-order valence-electron chi connectivity index (χ0n) is 16.9. The monoisotopic (exact) mass is 411 g/mol. The van der Waals surface area contributed by atoms with E-state index in [0.717, 1.165) is 53.8 Å². The summed E-state index contributed by atoms with van der Waals surface area (Å²) in [6.45, 7) is 5.27. The van der Waals surface area contributed by atoms with E-state index in [4.69, 9.17) is 5.21 Å². The maximum Gasteiger partial charge on any atom is 0.274 e. The number of carbonyl (C=O) groups excluding carboxylic acids is 1. The van der Waals surface area contributed by atoms with Crippen LogP contribution in [0.25, 0.3) is 10.9 Å². The lowest BCUT2D eigenvalue weighted by Crippen LogP contribution is -2.26. The van der Waals surface area contributed by atoms with E-state index in [1.165, 1.54) is 6.07 Å². The number of nitrogens with one attached hydrogen (secondary N) is 1. The number of amides is 1. The molecule has 2 heterocycles. The van der Waals surface area contributed by atoms with E-state index in [2.05, 4.69) is 16.4 Å². The van der Waals surface area contributed by atoms with Crippen molar-refractivity contribution >= 4 is 16.8 Å². The largest absolute Gasteiger partial charge is 0.392 e. The molecule has 6 nitrogen and oxygen atoms in total. The zero-order chi connectivity index (χ0) is 21.3. The summed E-state index contributed by atoms with van der Waals surface area (Å²) in [6.07, 6.45) is 1.18. The average molecular weight is 411 g/mol. The first kappa shape index (κ1) is 20.5. The Hall–Kier alpha value is -2.74. The van der Waals surface area contributed by atoms with Crippen molar-refractivity contribution in [3.8, 4) is 0 Å². The number of benzene rings is 2. The predicted molar refractivity (Wildman–Crippen MR) is 112 cm³/mol. The second kappa shape index (κ2) is 8.55. The first-order valence-corrected chi connectivity index (χ1v) is 10.2. The fraction of sp³-hybridized carbons (Fsp3) is 0.348. The molecule has 0 aliphatic carbocycles. The van der Waals surface area contributed by atoms with E-state index in [1.807, 2.05) is 18.2 Å². The predicted octanol–water partition coefficient (Wildman–Crippen LogP) is 2.87. The summed E-state index contributed by atoms with van der Waals surface area (Å²) in [5, 5.41) is 19.4. The van der Waals surface area contributed by atoms with Gasteiger partial charge in [0.1, 0.15) is 5.82 Å². The molecule has 0 unspecified atom stereocenters.